The molecule has 1 amide bonds. The van der Waals surface area contributed by atoms with E-state index < -0.39 is 29.6 Å². The molecular weight excluding hydrogens is 444 g/mol. The Kier molecular flexibility index (Phi) is 6.10. The molecule has 1 aromatic carbocycles. The fourth-order valence-corrected chi connectivity index (χ4v) is 4.77. The van der Waals surface area contributed by atoms with E-state index in [0.717, 1.165) is 22.2 Å². The van der Waals surface area contributed by atoms with Gasteiger partial charge in [-0.1, -0.05) is 36.4 Å². The summed E-state index contributed by atoms with van der Waals surface area (Å²) in [6.07, 6.45) is 5.64. The van der Waals surface area contributed by atoms with Crippen LogP contribution in [0.3, 0.4) is 0 Å². The molecule has 1 aliphatic heterocycles. The molecule has 3 atom stereocenters. The lowest BCUT2D eigenvalue weighted by molar-refractivity contribution is -0.155. The van der Waals surface area contributed by atoms with Crippen LogP contribution in [0.1, 0.15) is 38.1 Å². The lowest BCUT2D eigenvalue weighted by Gasteiger charge is -2.42. The zero-order chi connectivity index (χ0) is 23.9. The number of methoxy groups -OCH3 is 1. The average Bonchev–Trinajstić information content (AvgIpc) is 3.40. The summed E-state index contributed by atoms with van der Waals surface area (Å²) < 4.78 is 10.6. The van der Waals surface area contributed by atoms with Crippen molar-refractivity contribution in [1.29, 1.82) is 0 Å². The van der Waals surface area contributed by atoms with E-state index in [9.17, 15) is 14.4 Å². The van der Waals surface area contributed by atoms with Crippen molar-refractivity contribution < 1.29 is 23.9 Å². The molecule has 0 radical (unpaired) electrons. The van der Waals surface area contributed by atoms with E-state index in [-0.39, 0.29) is 17.7 Å². The molecule has 8 heteroatoms. The predicted octanol–water partition coefficient (Wildman–Crippen LogP) is 3.83. The molecule has 0 saturated heterocycles. The van der Waals surface area contributed by atoms with Crippen molar-refractivity contribution in [3.05, 3.63) is 59.3 Å². The van der Waals surface area contributed by atoms with Gasteiger partial charge >= 0.3 is 11.9 Å². The SMILES string of the molecule is COC(=O)[C@H]1Cc2c([nH]c3ccccc23)[C@H](C2C=CC(C(=O)OC(C)(C)C)=C2)N1C(=O)CCl. The maximum absolute atomic E-state index is 13.0. The number of H-pyrrole nitrogens is 1. The van der Waals surface area contributed by atoms with Gasteiger partial charge in [-0.2, -0.15) is 0 Å². The van der Waals surface area contributed by atoms with Gasteiger partial charge in [0, 0.05) is 28.9 Å². The van der Waals surface area contributed by atoms with Crippen molar-refractivity contribution in [2.24, 2.45) is 5.92 Å². The Hall–Kier alpha value is -3.06. The van der Waals surface area contributed by atoms with Crippen LogP contribution in [0.25, 0.3) is 10.9 Å². The molecule has 1 aromatic heterocycles. The zero-order valence-electron chi connectivity index (χ0n) is 19.1. The van der Waals surface area contributed by atoms with E-state index in [1.54, 1.807) is 32.9 Å². The number of esters is 2. The number of carbonyl (C=O) groups excluding carboxylic acids is 3. The second kappa shape index (κ2) is 8.71. The first-order chi connectivity index (χ1) is 15.6. The number of hydrogen-bond acceptors (Lipinski definition) is 5. The van der Waals surface area contributed by atoms with Crippen molar-refractivity contribution in [1.82, 2.24) is 9.88 Å². The Morgan fingerprint density at radius 2 is 1.94 bits per heavy atom. The maximum Gasteiger partial charge on any atom is 0.338 e. The number of aromatic nitrogens is 1. The number of ether oxygens (including phenoxy) is 2. The van der Waals surface area contributed by atoms with Crippen LogP contribution >= 0.6 is 11.6 Å². The van der Waals surface area contributed by atoms with Crippen LogP contribution in [-0.2, 0) is 30.3 Å². The van der Waals surface area contributed by atoms with Gasteiger partial charge in [-0.25, -0.2) is 9.59 Å². The predicted molar refractivity (Wildman–Crippen MR) is 125 cm³/mol. The van der Waals surface area contributed by atoms with E-state index in [1.807, 2.05) is 30.3 Å². The highest BCUT2D eigenvalue weighted by molar-refractivity contribution is 6.27. The molecular formula is C25H27ClN2O5. The Bertz CT molecular complexity index is 1170. The number of aromatic amines is 1. The van der Waals surface area contributed by atoms with Gasteiger partial charge in [0.15, 0.2) is 0 Å². The monoisotopic (exact) mass is 470 g/mol. The molecule has 174 valence electrons. The van der Waals surface area contributed by atoms with Crippen molar-refractivity contribution in [2.75, 3.05) is 13.0 Å². The molecule has 0 saturated carbocycles. The standard InChI is InChI=1S/C25H27ClN2O5/c1-25(2,3)33-23(30)15-10-9-14(11-15)22-21-17(16-7-5-6-8-18(16)27-21)12-19(24(31)32-4)28(22)20(29)13-26/h5-11,14,19,22,27H,12-13H2,1-4H3/t14?,19-,22+/m1/s1. The number of para-hydroxylation sites is 1. The van der Waals surface area contributed by atoms with Gasteiger partial charge in [-0.15, -0.1) is 11.6 Å². The molecule has 2 aromatic rings. The number of hydrogen-bond donors (Lipinski definition) is 1. The lowest BCUT2D eigenvalue weighted by atomic mass is 9.85. The van der Waals surface area contributed by atoms with Gasteiger partial charge in [0.25, 0.3) is 0 Å². The number of nitrogens with one attached hydrogen (secondary N) is 1. The summed E-state index contributed by atoms with van der Waals surface area (Å²) in [5, 5.41) is 0.989. The van der Waals surface area contributed by atoms with Crippen molar-refractivity contribution in [3.8, 4) is 0 Å². The largest absolute Gasteiger partial charge is 0.467 e. The van der Waals surface area contributed by atoms with E-state index in [4.69, 9.17) is 21.1 Å². The van der Waals surface area contributed by atoms with Crippen LogP contribution in [0, 0.1) is 5.92 Å². The summed E-state index contributed by atoms with van der Waals surface area (Å²) in [5.41, 5.74) is 2.47. The number of fused-ring (bicyclic) bond motifs is 3. The third-order valence-electron chi connectivity index (χ3n) is 5.92. The molecule has 4 rings (SSSR count). The van der Waals surface area contributed by atoms with Crippen molar-refractivity contribution in [2.45, 2.75) is 44.9 Å². The van der Waals surface area contributed by atoms with Gasteiger partial charge in [0.05, 0.1) is 18.7 Å². The molecule has 1 N–H and O–H groups in total. The van der Waals surface area contributed by atoms with E-state index in [1.165, 1.54) is 12.0 Å². The molecule has 1 unspecified atom stereocenters. The number of alkyl halides is 1. The van der Waals surface area contributed by atoms with Crippen LogP contribution in [0.15, 0.2) is 48.1 Å². The number of benzene rings is 1. The number of halogens is 1. The molecule has 2 heterocycles. The average molecular weight is 471 g/mol. The summed E-state index contributed by atoms with van der Waals surface area (Å²) in [7, 11) is 1.31. The Balaban J connectivity index is 1.83. The molecule has 0 fully saturated rings. The highest BCUT2D eigenvalue weighted by atomic mass is 35.5. The molecule has 33 heavy (non-hydrogen) atoms. The highest BCUT2D eigenvalue weighted by Crippen LogP contribution is 2.44. The molecule has 1 aliphatic carbocycles. The zero-order valence-corrected chi connectivity index (χ0v) is 19.8. The van der Waals surface area contributed by atoms with Gasteiger partial charge in [0.1, 0.15) is 17.5 Å². The van der Waals surface area contributed by atoms with Crippen molar-refractivity contribution in [3.63, 3.8) is 0 Å². The smallest absolute Gasteiger partial charge is 0.338 e. The minimum absolute atomic E-state index is 0.279. The van der Waals surface area contributed by atoms with Crippen LogP contribution in [0.5, 0.6) is 0 Å². The first-order valence-corrected chi connectivity index (χ1v) is 11.4. The van der Waals surface area contributed by atoms with Gasteiger partial charge in [-0.05, 0) is 32.4 Å². The maximum atomic E-state index is 13.0. The summed E-state index contributed by atoms with van der Waals surface area (Å²) >= 11 is 5.97. The molecule has 2 aliphatic rings. The van der Waals surface area contributed by atoms with E-state index in [2.05, 4.69) is 4.98 Å². The highest BCUT2D eigenvalue weighted by Gasteiger charge is 2.46. The van der Waals surface area contributed by atoms with Gasteiger partial charge in [-0.3, -0.25) is 4.79 Å². The number of carbonyl (C=O) groups is 3. The van der Waals surface area contributed by atoms with E-state index in [0.29, 0.717) is 12.0 Å². The minimum atomic E-state index is -0.828. The third kappa shape index (κ3) is 4.29. The van der Waals surface area contributed by atoms with Crippen LogP contribution in [0.2, 0.25) is 0 Å². The summed E-state index contributed by atoms with van der Waals surface area (Å²) in [5.74, 6) is -1.97. The molecule has 0 spiro atoms. The summed E-state index contributed by atoms with van der Waals surface area (Å²) in [6.45, 7) is 5.42. The normalized spacial score (nSPS) is 22.2. The second-order valence-corrected chi connectivity index (χ2v) is 9.51. The first-order valence-electron chi connectivity index (χ1n) is 10.8. The minimum Gasteiger partial charge on any atom is -0.467 e. The van der Waals surface area contributed by atoms with Crippen LogP contribution in [0.4, 0.5) is 0 Å². The topological polar surface area (TPSA) is 88.7 Å². The number of rotatable bonds is 4. The Labute approximate surface area is 197 Å². The summed E-state index contributed by atoms with van der Waals surface area (Å²) in [6, 6.07) is 6.41. The molecule has 0 bridgehead atoms. The molecule has 7 nitrogen and oxygen atoms in total. The lowest BCUT2D eigenvalue weighted by Crippen LogP contribution is -2.53. The summed E-state index contributed by atoms with van der Waals surface area (Å²) in [4.78, 5) is 43.4. The van der Waals surface area contributed by atoms with Crippen LogP contribution in [-0.4, -0.2) is 52.4 Å². The fourth-order valence-electron chi connectivity index (χ4n) is 4.63. The van der Waals surface area contributed by atoms with Gasteiger partial charge in [0.2, 0.25) is 5.91 Å². The number of nitrogens with zero attached hydrogens (tertiary/aromatic N) is 1. The Morgan fingerprint density at radius 1 is 1.21 bits per heavy atom. The Morgan fingerprint density at radius 3 is 2.61 bits per heavy atom. The van der Waals surface area contributed by atoms with E-state index >= 15 is 0 Å². The fraction of sp³-hybridized carbons (Fsp3) is 0.400. The second-order valence-electron chi connectivity index (χ2n) is 9.25. The van der Waals surface area contributed by atoms with Gasteiger partial charge < -0.3 is 19.4 Å². The van der Waals surface area contributed by atoms with Crippen molar-refractivity contribution >= 4 is 40.3 Å². The first kappa shape index (κ1) is 23.1. The third-order valence-corrected chi connectivity index (χ3v) is 6.15. The van der Waals surface area contributed by atoms with Crippen LogP contribution < -0.4 is 0 Å². The number of amides is 1. The quantitative estimate of drug-likeness (QED) is 0.542.